The molecule has 0 saturated carbocycles. The lowest BCUT2D eigenvalue weighted by atomic mass is 10.1. The minimum absolute atomic E-state index is 0.143. The van der Waals surface area contributed by atoms with E-state index in [1.54, 1.807) is 12.1 Å². The highest BCUT2D eigenvalue weighted by Crippen LogP contribution is 2.21. The van der Waals surface area contributed by atoms with Gasteiger partial charge in [-0.05, 0) is 61.2 Å². The number of sulfonamides is 1. The number of esters is 1. The molecular formula is C21H24N2O5S. The van der Waals surface area contributed by atoms with Crippen LogP contribution in [0.4, 0.5) is 5.69 Å². The maximum absolute atomic E-state index is 12.5. The summed E-state index contributed by atoms with van der Waals surface area (Å²) in [6.45, 7) is 2.65. The van der Waals surface area contributed by atoms with Crippen molar-refractivity contribution in [3.8, 4) is 0 Å². The Balaban J connectivity index is 1.54. The van der Waals surface area contributed by atoms with Gasteiger partial charge in [0.2, 0.25) is 10.0 Å². The quantitative estimate of drug-likeness (QED) is 0.701. The summed E-state index contributed by atoms with van der Waals surface area (Å²) >= 11 is 0. The number of rotatable bonds is 7. The van der Waals surface area contributed by atoms with Gasteiger partial charge in [0.25, 0.3) is 5.91 Å². The maximum Gasteiger partial charge on any atom is 0.338 e. The first kappa shape index (κ1) is 21.0. The van der Waals surface area contributed by atoms with E-state index < -0.39 is 28.5 Å². The minimum atomic E-state index is -3.53. The van der Waals surface area contributed by atoms with Gasteiger partial charge < -0.3 is 10.1 Å². The molecule has 1 aliphatic heterocycles. The van der Waals surface area contributed by atoms with E-state index in [1.807, 2.05) is 19.1 Å². The van der Waals surface area contributed by atoms with E-state index >= 15 is 0 Å². The van der Waals surface area contributed by atoms with Crippen LogP contribution in [-0.2, 0) is 26.0 Å². The first-order chi connectivity index (χ1) is 13.9. The molecule has 0 radical (unpaired) electrons. The largest absolute Gasteiger partial charge is 0.452 e. The number of aryl methyl sites for hydroxylation is 1. The molecule has 1 fully saturated rings. The number of ether oxygens (including phenoxy) is 1. The molecule has 1 saturated heterocycles. The maximum atomic E-state index is 12.5. The van der Waals surface area contributed by atoms with E-state index in [0.29, 0.717) is 18.8 Å². The van der Waals surface area contributed by atoms with Crippen molar-refractivity contribution in [2.45, 2.75) is 31.1 Å². The Kier molecular flexibility index (Phi) is 6.66. The Hall–Kier alpha value is -2.71. The number of nitrogens with zero attached hydrogens (tertiary/aromatic N) is 1. The van der Waals surface area contributed by atoms with Crippen LogP contribution in [0.15, 0.2) is 53.4 Å². The van der Waals surface area contributed by atoms with Gasteiger partial charge in [-0.1, -0.05) is 19.1 Å². The van der Waals surface area contributed by atoms with Crippen molar-refractivity contribution >= 4 is 27.6 Å². The van der Waals surface area contributed by atoms with E-state index in [2.05, 4.69) is 5.32 Å². The minimum Gasteiger partial charge on any atom is -0.452 e. The average Bonchev–Trinajstić information content (AvgIpc) is 3.28. The van der Waals surface area contributed by atoms with Gasteiger partial charge in [-0.2, -0.15) is 4.31 Å². The van der Waals surface area contributed by atoms with Gasteiger partial charge in [-0.3, -0.25) is 4.79 Å². The summed E-state index contributed by atoms with van der Waals surface area (Å²) in [5.74, 6) is -1.14. The Morgan fingerprint density at radius 2 is 1.62 bits per heavy atom. The van der Waals surface area contributed by atoms with E-state index in [9.17, 15) is 18.0 Å². The van der Waals surface area contributed by atoms with Crippen LogP contribution in [0.5, 0.6) is 0 Å². The number of amides is 1. The molecule has 0 bridgehead atoms. The summed E-state index contributed by atoms with van der Waals surface area (Å²) < 4.78 is 31.5. The third-order valence-electron chi connectivity index (χ3n) is 4.77. The first-order valence-electron chi connectivity index (χ1n) is 9.56. The van der Waals surface area contributed by atoms with Crippen LogP contribution >= 0.6 is 0 Å². The third-order valence-corrected chi connectivity index (χ3v) is 6.69. The number of carbonyl (C=O) groups excluding carboxylic acids is 2. The SMILES string of the molecule is CCc1ccc(NC(=O)COC(=O)c2ccc(S(=O)(=O)N3CCCC3)cc2)cc1. The second kappa shape index (κ2) is 9.19. The summed E-state index contributed by atoms with van der Waals surface area (Å²) in [6.07, 6.45) is 2.62. The number of nitrogens with one attached hydrogen (secondary N) is 1. The first-order valence-corrected chi connectivity index (χ1v) is 11.0. The van der Waals surface area contributed by atoms with Crippen molar-refractivity contribution in [2.75, 3.05) is 25.0 Å². The van der Waals surface area contributed by atoms with Crippen molar-refractivity contribution in [1.82, 2.24) is 4.31 Å². The summed E-state index contributed by atoms with van der Waals surface area (Å²) in [7, 11) is -3.53. The summed E-state index contributed by atoms with van der Waals surface area (Å²) in [5.41, 5.74) is 1.97. The molecule has 0 atom stereocenters. The van der Waals surface area contributed by atoms with Crippen molar-refractivity contribution in [2.24, 2.45) is 0 Å². The summed E-state index contributed by atoms with van der Waals surface area (Å²) in [5, 5.41) is 2.66. The molecule has 0 unspecified atom stereocenters. The Labute approximate surface area is 170 Å². The van der Waals surface area contributed by atoms with Crippen LogP contribution in [0.1, 0.15) is 35.7 Å². The highest BCUT2D eigenvalue weighted by atomic mass is 32.2. The predicted molar refractivity (Wildman–Crippen MR) is 109 cm³/mol. The smallest absolute Gasteiger partial charge is 0.338 e. The fourth-order valence-electron chi connectivity index (χ4n) is 3.08. The molecule has 1 heterocycles. The molecule has 7 nitrogen and oxygen atoms in total. The van der Waals surface area contributed by atoms with Crippen molar-refractivity contribution in [1.29, 1.82) is 0 Å². The van der Waals surface area contributed by atoms with Crippen molar-refractivity contribution in [3.63, 3.8) is 0 Å². The lowest BCUT2D eigenvalue weighted by molar-refractivity contribution is -0.119. The summed E-state index contributed by atoms with van der Waals surface area (Å²) in [4.78, 5) is 24.2. The topological polar surface area (TPSA) is 92.8 Å². The fraction of sp³-hybridized carbons (Fsp3) is 0.333. The molecule has 0 aliphatic carbocycles. The van der Waals surface area contributed by atoms with Gasteiger partial charge in [0.1, 0.15) is 0 Å². The van der Waals surface area contributed by atoms with Crippen LogP contribution in [0.25, 0.3) is 0 Å². The number of hydrogen-bond acceptors (Lipinski definition) is 5. The van der Waals surface area contributed by atoms with Crippen LogP contribution in [0.2, 0.25) is 0 Å². The highest BCUT2D eigenvalue weighted by molar-refractivity contribution is 7.89. The molecule has 29 heavy (non-hydrogen) atoms. The van der Waals surface area contributed by atoms with Crippen LogP contribution < -0.4 is 5.32 Å². The van der Waals surface area contributed by atoms with E-state index in [1.165, 1.54) is 28.6 Å². The van der Waals surface area contributed by atoms with Gasteiger partial charge >= 0.3 is 5.97 Å². The lowest BCUT2D eigenvalue weighted by Gasteiger charge is -2.15. The standard InChI is InChI=1S/C21H24N2O5S/c1-2-16-5-9-18(10-6-16)22-20(24)15-28-21(25)17-7-11-19(12-8-17)29(26,27)23-13-3-4-14-23/h5-12H,2-4,13-15H2,1H3,(H,22,24). The van der Waals surface area contributed by atoms with Crippen LogP contribution in [0.3, 0.4) is 0 Å². The summed E-state index contributed by atoms with van der Waals surface area (Å²) in [6, 6.07) is 13.0. The molecule has 2 aromatic rings. The number of carbonyl (C=O) groups is 2. The molecule has 0 aromatic heterocycles. The third kappa shape index (κ3) is 5.21. The molecule has 1 aliphatic rings. The molecule has 154 valence electrons. The van der Waals surface area contributed by atoms with E-state index in [4.69, 9.17) is 4.74 Å². The number of anilines is 1. The molecule has 0 spiro atoms. The number of hydrogen-bond donors (Lipinski definition) is 1. The molecule has 3 rings (SSSR count). The number of benzene rings is 2. The zero-order chi connectivity index (χ0) is 20.9. The van der Waals surface area contributed by atoms with Gasteiger partial charge in [-0.25, -0.2) is 13.2 Å². The molecule has 2 aromatic carbocycles. The average molecular weight is 416 g/mol. The Morgan fingerprint density at radius 1 is 1.00 bits per heavy atom. The van der Waals surface area contributed by atoms with Crippen LogP contribution in [-0.4, -0.2) is 44.3 Å². The molecular weight excluding hydrogens is 392 g/mol. The zero-order valence-corrected chi connectivity index (χ0v) is 17.1. The van der Waals surface area contributed by atoms with E-state index in [0.717, 1.165) is 24.8 Å². The van der Waals surface area contributed by atoms with Crippen LogP contribution in [0, 0.1) is 0 Å². The normalized spacial score (nSPS) is 14.5. The zero-order valence-electron chi connectivity index (χ0n) is 16.3. The Morgan fingerprint density at radius 3 is 2.21 bits per heavy atom. The second-order valence-corrected chi connectivity index (χ2v) is 8.75. The van der Waals surface area contributed by atoms with E-state index in [-0.39, 0.29) is 10.5 Å². The monoisotopic (exact) mass is 416 g/mol. The lowest BCUT2D eigenvalue weighted by Crippen LogP contribution is -2.27. The molecule has 1 amide bonds. The molecule has 1 N–H and O–H groups in total. The second-order valence-electron chi connectivity index (χ2n) is 6.81. The van der Waals surface area contributed by atoms with Gasteiger partial charge in [0, 0.05) is 18.8 Å². The Bertz CT molecular complexity index is 963. The molecule has 8 heteroatoms. The predicted octanol–water partition coefficient (Wildman–Crippen LogP) is 2.83. The van der Waals surface area contributed by atoms with Gasteiger partial charge in [0.05, 0.1) is 10.5 Å². The fourth-order valence-corrected chi connectivity index (χ4v) is 4.59. The van der Waals surface area contributed by atoms with Gasteiger partial charge in [0.15, 0.2) is 6.61 Å². The van der Waals surface area contributed by atoms with Crippen molar-refractivity contribution in [3.05, 3.63) is 59.7 Å². The van der Waals surface area contributed by atoms with Gasteiger partial charge in [-0.15, -0.1) is 0 Å². The highest BCUT2D eigenvalue weighted by Gasteiger charge is 2.27. The van der Waals surface area contributed by atoms with Crippen molar-refractivity contribution < 1.29 is 22.7 Å².